The van der Waals surface area contributed by atoms with Crippen LogP contribution in [-0.4, -0.2) is 68.1 Å². The molecule has 2 aromatic heterocycles. The van der Waals surface area contributed by atoms with Gasteiger partial charge in [0.1, 0.15) is 11.4 Å². The van der Waals surface area contributed by atoms with E-state index in [1.165, 1.54) is 35.0 Å². The summed E-state index contributed by atoms with van der Waals surface area (Å²) in [6, 6.07) is 42.5. The molecule has 95 heavy (non-hydrogen) atoms. The summed E-state index contributed by atoms with van der Waals surface area (Å²) in [5.41, 5.74) is 9.40. The number of nitrogens with one attached hydrogen (secondary N) is 4. The Morgan fingerprint density at radius 3 is 1.60 bits per heavy atom. The molecule has 5 N–H and O–H groups in total. The number of nitro benzene ring substituents is 5. The summed E-state index contributed by atoms with van der Waals surface area (Å²) >= 11 is 5.93. The maximum atomic E-state index is 13.2. The van der Waals surface area contributed by atoms with Crippen LogP contribution in [0.1, 0.15) is 111 Å². The number of hydrogen-bond donors (Lipinski definition) is 5. The number of nitro groups is 5. The van der Waals surface area contributed by atoms with Crippen molar-refractivity contribution in [3.63, 3.8) is 0 Å². The topological polar surface area (TPSA) is 370 Å². The van der Waals surface area contributed by atoms with Crippen LogP contribution in [0.2, 0.25) is 5.02 Å². The molecule has 0 radical (unpaired) electrons. The molecule has 3 amide bonds. The van der Waals surface area contributed by atoms with Gasteiger partial charge in [0, 0.05) is 84.7 Å². The van der Waals surface area contributed by atoms with Crippen LogP contribution < -0.4 is 21.5 Å². The third kappa shape index (κ3) is 14.6. The van der Waals surface area contributed by atoms with Crippen molar-refractivity contribution >= 4 is 103 Å². The van der Waals surface area contributed by atoms with Crippen molar-refractivity contribution in [1.82, 2.24) is 19.9 Å². The normalized spacial score (nSPS) is 11.8. The minimum Gasteiger partial charge on any atom is -0.507 e. The maximum absolute atomic E-state index is 13.2. The lowest BCUT2D eigenvalue weighted by atomic mass is 9.78. The summed E-state index contributed by atoms with van der Waals surface area (Å²) in [7, 11) is 0. The number of urea groups is 1. The third-order valence-corrected chi connectivity index (χ3v) is 15.2. The second-order valence-electron chi connectivity index (χ2n) is 24.8. The van der Waals surface area contributed by atoms with Crippen LogP contribution in [0.25, 0.3) is 38.8 Å². The molecule has 28 heteroatoms. The van der Waals surface area contributed by atoms with Crippen molar-refractivity contribution in [2.24, 2.45) is 5.10 Å². The van der Waals surface area contributed by atoms with Crippen molar-refractivity contribution in [3.05, 3.63) is 258 Å². The van der Waals surface area contributed by atoms with Gasteiger partial charge in [0.25, 0.3) is 23.0 Å². The number of rotatable bonds is 13. The third-order valence-electron chi connectivity index (χ3n) is 14.9. The highest BCUT2D eigenvalue weighted by Crippen LogP contribution is 2.45. The number of nitrogens with zero attached hydrogens (tertiary/aromatic N) is 9. The van der Waals surface area contributed by atoms with E-state index in [0.29, 0.717) is 73.3 Å². The number of anilines is 3. The monoisotopic (exact) mass is 1310 g/mol. The smallest absolute Gasteiger partial charge is 0.323 e. The van der Waals surface area contributed by atoms with Crippen LogP contribution in [0, 0.1) is 50.6 Å². The van der Waals surface area contributed by atoms with Crippen LogP contribution in [0.15, 0.2) is 169 Å². The molecule has 11 rings (SSSR count). The van der Waals surface area contributed by atoms with E-state index in [2.05, 4.69) is 31.7 Å². The number of ketones is 1. The first-order valence-corrected chi connectivity index (χ1v) is 29.3. The molecule has 1 aliphatic rings. The van der Waals surface area contributed by atoms with Crippen molar-refractivity contribution < 1.29 is 44.1 Å². The second-order valence-corrected chi connectivity index (χ2v) is 25.2. The van der Waals surface area contributed by atoms with Crippen molar-refractivity contribution in [1.29, 1.82) is 0 Å². The SMILES string of the molecule is CC(C)(C)c1c2c(nn1-c1ccc([N+](=O)[O-])cc1)-c1ccc([N+](=O)[O-])cc1C2=O.CC(C)(C)c1cc(/C=N/NC(=O)c2ccc(NC(=O)Nc3cccc(Cl)c3)cc2)cc(C(C)(C)C)c1O.O=[N+]([O-])c1cc([N+](=O)[O-])c(Nn2c3ccccc3c3ccccc32)c([N+](=O)[O-])c1. The van der Waals surface area contributed by atoms with E-state index in [0.717, 1.165) is 27.5 Å². The number of carbonyl (C=O) groups excluding carboxylic acids is 3. The number of carbonyl (C=O) groups is 3. The Bertz CT molecular complexity index is 4690. The van der Waals surface area contributed by atoms with E-state index in [4.69, 9.17) is 11.6 Å². The second kappa shape index (κ2) is 26.5. The summed E-state index contributed by atoms with van der Waals surface area (Å²) in [5.74, 6) is -0.412. The predicted molar refractivity (Wildman–Crippen MR) is 360 cm³/mol. The fourth-order valence-corrected chi connectivity index (χ4v) is 10.7. The number of halogens is 1. The highest BCUT2D eigenvalue weighted by atomic mass is 35.5. The predicted octanol–water partition coefficient (Wildman–Crippen LogP) is 15.6. The highest BCUT2D eigenvalue weighted by Gasteiger charge is 2.40. The minimum atomic E-state index is -0.912. The molecule has 0 fully saturated rings. The fraction of sp³-hybridized carbons (Fsp3) is 0.179. The molecular formula is C67H60ClN13O14. The summed E-state index contributed by atoms with van der Waals surface area (Å²) in [6.45, 7) is 18.0. The van der Waals surface area contributed by atoms with Crippen molar-refractivity contribution in [2.75, 3.05) is 16.1 Å². The summed E-state index contributed by atoms with van der Waals surface area (Å²) in [5, 5.41) is 83.4. The Labute approximate surface area is 545 Å². The standard InChI is InChI=1S/C29H33ClN4O3.C20H16N4O5.C18H11N5O6/c1-28(2,3)23-14-18(15-24(25(23)35)29(4,5)6)17-31-34-26(36)19-10-12-21(13-11-19)32-27(37)33-22-9-7-8-20(30)16-22;1-20(2,3)19-16-17(14-9-8-13(24(28)29)10-15(14)18(16)25)21-22(19)11-4-6-12(7-5-11)23(26)27;24-21(25)11-9-16(22(26)27)18(17(10-11)23(28)29)19-20-14-7-3-1-5-12(14)13-6-2-4-8-15(13)20/h7-17,35H,1-6H3,(H,34,36)(H2,32,33,37);4-10H,1-3H3;1-10,19H/b31-17+;;. The number of hydrazone groups is 1. The fourth-order valence-electron chi connectivity index (χ4n) is 10.5. The zero-order valence-electron chi connectivity index (χ0n) is 52.3. The van der Waals surface area contributed by atoms with Gasteiger partial charge in [0.15, 0.2) is 5.78 Å². The van der Waals surface area contributed by atoms with Crippen LogP contribution >= 0.6 is 11.6 Å². The number of benzene rings is 8. The van der Waals surface area contributed by atoms with E-state index in [9.17, 15) is 70.1 Å². The van der Waals surface area contributed by atoms with Gasteiger partial charge in [-0.05, 0) is 101 Å². The number of phenolic OH excluding ortho intramolecular Hbond substituents is 1. The number of aromatic hydroxyl groups is 1. The molecule has 0 spiro atoms. The van der Waals surface area contributed by atoms with Crippen molar-refractivity contribution in [2.45, 2.75) is 78.6 Å². The van der Waals surface area contributed by atoms with E-state index in [-0.39, 0.29) is 39.3 Å². The molecule has 0 atom stereocenters. The van der Waals surface area contributed by atoms with Gasteiger partial charge in [0.05, 0.1) is 70.9 Å². The largest absolute Gasteiger partial charge is 0.507 e. The Morgan fingerprint density at radius 1 is 0.568 bits per heavy atom. The Hall–Kier alpha value is -12.3. The van der Waals surface area contributed by atoms with E-state index >= 15 is 0 Å². The molecule has 2 heterocycles. The molecule has 27 nitrogen and oxygen atoms in total. The number of aromatic nitrogens is 3. The number of non-ortho nitro benzene ring substituents is 3. The van der Waals surface area contributed by atoms with Crippen LogP contribution in [-0.2, 0) is 16.2 Å². The molecule has 0 unspecified atom stereocenters. The van der Waals surface area contributed by atoms with Gasteiger partial charge in [-0.25, -0.2) is 14.9 Å². The molecule has 8 aromatic carbocycles. The van der Waals surface area contributed by atoms with Gasteiger partial charge in [-0.15, -0.1) is 0 Å². The maximum Gasteiger partial charge on any atom is 0.323 e. The Kier molecular flexibility index (Phi) is 18.7. The molecule has 0 aliphatic heterocycles. The lowest BCUT2D eigenvalue weighted by Gasteiger charge is -2.27. The zero-order chi connectivity index (χ0) is 69.2. The van der Waals surface area contributed by atoms with Gasteiger partial charge < -0.3 is 15.7 Å². The van der Waals surface area contributed by atoms with Gasteiger partial charge in [-0.2, -0.15) is 10.2 Å². The lowest BCUT2D eigenvalue weighted by Crippen LogP contribution is -2.21. The molecule has 0 saturated carbocycles. The molecule has 10 aromatic rings. The van der Waals surface area contributed by atoms with Crippen molar-refractivity contribution in [3.8, 4) is 22.7 Å². The molecule has 0 saturated heterocycles. The summed E-state index contributed by atoms with van der Waals surface area (Å²) in [4.78, 5) is 90.4. The van der Waals surface area contributed by atoms with Crippen LogP contribution in [0.4, 0.5) is 50.3 Å². The number of hydrogen-bond acceptors (Lipinski definition) is 17. The van der Waals surface area contributed by atoms with Crippen LogP contribution in [0.3, 0.4) is 0 Å². The minimum absolute atomic E-state index is 0.0421. The average Bonchev–Trinajstić information content (AvgIpc) is 1.57. The molecule has 0 bridgehead atoms. The number of para-hydroxylation sites is 2. The lowest BCUT2D eigenvalue weighted by molar-refractivity contribution is -0.401. The van der Waals surface area contributed by atoms with Gasteiger partial charge in [0.2, 0.25) is 5.69 Å². The number of fused-ring (bicyclic) bond motifs is 6. The quantitative estimate of drug-likeness (QED) is 0.0407. The van der Waals surface area contributed by atoms with E-state index < -0.39 is 64.7 Å². The molecule has 1 aliphatic carbocycles. The van der Waals surface area contributed by atoms with Crippen LogP contribution in [0.5, 0.6) is 5.75 Å². The Morgan fingerprint density at radius 2 is 1.09 bits per heavy atom. The highest BCUT2D eigenvalue weighted by molar-refractivity contribution is 6.31. The zero-order valence-corrected chi connectivity index (χ0v) is 53.1. The van der Waals surface area contributed by atoms with E-state index in [1.54, 1.807) is 95.8 Å². The molecular weight excluding hydrogens is 1250 g/mol. The van der Waals surface area contributed by atoms with Gasteiger partial charge in [-0.3, -0.25) is 70.3 Å². The Balaban J connectivity index is 0.000000169. The summed E-state index contributed by atoms with van der Waals surface area (Å²) in [6.07, 6.45) is 1.57. The first kappa shape index (κ1) is 67.1. The number of phenols is 1. The first-order valence-electron chi connectivity index (χ1n) is 28.9. The number of amides is 3. The van der Waals surface area contributed by atoms with Gasteiger partial charge >= 0.3 is 17.4 Å². The first-order chi connectivity index (χ1) is 44.7. The summed E-state index contributed by atoms with van der Waals surface area (Å²) < 4.78 is 3.11. The molecule has 484 valence electrons. The van der Waals surface area contributed by atoms with Gasteiger partial charge in [-0.1, -0.05) is 116 Å². The average molecular weight is 1310 g/mol. The van der Waals surface area contributed by atoms with E-state index in [1.807, 2.05) is 98.7 Å².